The van der Waals surface area contributed by atoms with Crippen LogP contribution in [0.4, 0.5) is 11.4 Å². The van der Waals surface area contributed by atoms with Crippen molar-refractivity contribution >= 4 is 46.5 Å². The number of thioether (sulfide) groups is 2. The number of hydrogen-bond acceptors (Lipinski definition) is 6. The highest BCUT2D eigenvalue weighted by atomic mass is 32.2. The van der Waals surface area contributed by atoms with Gasteiger partial charge in [-0.05, 0) is 86.2 Å². The molecule has 0 radical (unpaired) electrons. The van der Waals surface area contributed by atoms with Crippen molar-refractivity contribution in [1.82, 2.24) is 0 Å². The van der Waals surface area contributed by atoms with Gasteiger partial charge >= 0.3 is 0 Å². The molecule has 0 spiro atoms. The number of Topliss-reactive ketones (excluding diaryl/α,β-unsaturated/α-hetero) is 2. The maximum atomic E-state index is 13.8. The highest BCUT2D eigenvalue weighted by Gasteiger charge is 2.37. The molecule has 3 aromatic carbocycles. The molecule has 0 N–H and O–H groups in total. The summed E-state index contributed by atoms with van der Waals surface area (Å²) >= 11 is 3.53. The Morgan fingerprint density at radius 1 is 0.605 bits per heavy atom. The predicted octanol–water partition coefficient (Wildman–Crippen LogP) is 9.35. The lowest BCUT2D eigenvalue weighted by Crippen LogP contribution is -2.16. The quantitative estimate of drug-likeness (QED) is 0.220. The molecule has 2 aliphatic heterocycles. The second kappa shape index (κ2) is 11.6. The van der Waals surface area contributed by atoms with Gasteiger partial charge in [0.25, 0.3) is 0 Å². The topological polar surface area (TPSA) is 40.6 Å². The lowest BCUT2D eigenvalue weighted by molar-refractivity contribution is 0.0987. The van der Waals surface area contributed by atoms with Gasteiger partial charge in [0.05, 0.1) is 27.0 Å². The van der Waals surface area contributed by atoms with Crippen molar-refractivity contribution in [3.8, 4) is 0 Å². The fourth-order valence-electron chi connectivity index (χ4n) is 6.41. The molecule has 0 unspecified atom stereocenters. The van der Waals surface area contributed by atoms with Gasteiger partial charge in [-0.1, -0.05) is 84.2 Å². The van der Waals surface area contributed by atoms with E-state index in [0.29, 0.717) is 16.7 Å². The molecule has 2 aliphatic carbocycles. The van der Waals surface area contributed by atoms with Crippen molar-refractivity contribution in [1.29, 1.82) is 0 Å². The monoisotopic (exact) mass is 600 g/mol. The lowest BCUT2D eigenvalue weighted by Gasteiger charge is -2.24. The highest BCUT2D eigenvalue weighted by molar-refractivity contribution is 8.04. The van der Waals surface area contributed by atoms with Crippen LogP contribution in [0.2, 0.25) is 0 Å². The Hall–Kier alpha value is -4.00. The summed E-state index contributed by atoms with van der Waals surface area (Å²) in [6.07, 6.45) is 11.3. The Morgan fingerprint density at radius 3 is 1.51 bits per heavy atom. The second-order valence-corrected chi connectivity index (χ2v) is 13.0. The molecule has 6 heteroatoms. The van der Waals surface area contributed by atoms with Crippen molar-refractivity contribution in [2.24, 2.45) is 0 Å². The van der Waals surface area contributed by atoms with Crippen LogP contribution in [0.5, 0.6) is 0 Å². The molecule has 0 bridgehead atoms. The first-order valence-electron chi connectivity index (χ1n) is 14.9. The smallest absolute Gasteiger partial charge is 0.198 e. The maximum Gasteiger partial charge on any atom is 0.198 e. The Labute approximate surface area is 261 Å². The summed E-state index contributed by atoms with van der Waals surface area (Å²) in [6.45, 7) is 6.06. The number of anilines is 2. The molecular formula is C37H32N2O2S2. The van der Waals surface area contributed by atoms with Crippen molar-refractivity contribution in [3.05, 3.63) is 141 Å². The molecule has 0 aromatic heterocycles. The molecular weight excluding hydrogens is 569 g/mol. The Bertz CT molecular complexity index is 1700. The number of nitrogens with zero attached hydrogens (tertiary/aromatic N) is 2. The van der Waals surface area contributed by atoms with Gasteiger partial charge in [0.15, 0.2) is 11.6 Å². The van der Waals surface area contributed by atoms with E-state index < -0.39 is 0 Å². The van der Waals surface area contributed by atoms with E-state index in [2.05, 4.69) is 96.5 Å². The Balaban J connectivity index is 1.33. The van der Waals surface area contributed by atoms with Crippen LogP contribution >= 0.6 is 23.5 Å². The van der Waals surface area contributed by atoms with Crippen molar-refractivity contribution < 1.29 is 9.59 Å². The Kier molecular flexibility index (Phi) is 7.50. The summed E-state index contributed by atoms with van der Waals surface area (Å²) in [5.74, 6) is -0.324. The summed E-state index contributed by atoms with van der Waals surface area (Å²) in [4.78, 5) is 34.8. The third kappa shape index (κ3) is 4.83. The second-order valence-electron chi connectivity index (χ2n) is 10.8. The van der Waals surface area contributed by atoms with Gasteiger partial charge in [-0.2, -0.15) is 0 Å². The molecule has 4 nitrogen and oxygen atoms in total. The molecule has 0 saturated heterocycles. The van der Waals surface area contributed by atoms with Crippen molar-refractivity contribution in [2.75, 3.05) is 22.9 Å². The van der Waals surface area contributed by atoms with Gasteiger partial charge in [0, 0.05) is 34.0 Å². The van der Waals surface area contributed by atoms with Crippen molar-refractivity contribution in [2.45, 2.75) is 42.9 Å². The lowest BCUT2D eigenvalue weighted by atomic mass is 9.80. The van der Waals surface area contributed by atoms with Gasteiger partial charge < -0.3 is 9.80 Å². The molecule has 7 rings (SSSR count). The van der Waals surface area contributed by atoms with E-state index in [4.69, 9.17) is 0 Å². The minimum atomic E-state index is -0.162. The van der Waals surface area contributed by atoms with Crippen LogP contribution in [-0.2, 0) is 0 Å². The van der Waals surface area contributed by atoms with Gasteiger partial charge in [0.2, 0.25) is 0 Å². The number of carbonyl (C=O) groups excluding carboxylic acids is 2. The van der Waals surface area contributed by atoms with Gasteiger partial charge in [-0.3, -0.25) is 9.59 Å². The van der Waals surface area contributed by atoms with Crippen molar-refractivity contribution in [3.63, 3.8) is 0 Å². The van der Waals surface area contributed by atoms with E-state index in [9.17, 15) is 9.59 Å². The number of para-hydroxylation sites is 2. The van der Waals surface area contributed by atoms with Gasteiger partial charge in [0.1, 0.15) is 0 Å². The summed E-state index contributed by atoms with van der Waals surface area (Å²) in [5, 5.41) is 2.31. The molecule has 1 saturated carbocycles. The fourth-order valence-corrected chi connectivity index (χ4v) is 8.67. The van der Waals surface area contributed by atoms with Crippen LogP contribution in [0.25, 0.3) is 0 Å². The van der Waals surface area contributed by atoms with Crippen LogP contribution in [0.3, 0.4) is 0 Å². The normalized spacial score (nSPS) is 21.5. The molecule has 3 aromatic rings. The van der Waals surface area contributed by atoms with Crippen LogP contribution in [0.1, 0.15) is 53.8 Å². The van der Waals surface area contributed by atoms with E-state index in [-0.39, 0.29) is 11.6 Å². The zero-order valence-electron chi connectivity index (χ0n) is 24.3. The van der Waals surface area contributed by atoms with E-state index in [1.54, 1.807) is 35.7 Å². The number of carbonyl (C=O) groups is 2. The molecule has 214 valence electrons. The highest BCUT2D eigenvalue weighted by Crippen LogP contribution is 2.48. The number of ketones is 2. The fraction of sp³-hybridized carbons (Fsp3) is 0.189. The molecule has 0 amide bonds. The summed E-state index contributed by atoms with van der Waals surface area (Å²) in [5.41, 5.74) is 6.70. The number of rotatable bonds is 4. The van der Waals surface area contributed by atoms with Crippen LogP contribution < -0.4 is 9.80 Å². The standard InChI is InChI=1S/C37H32N2O2S2/c1-3-38-28-16-7-9-18-30(28)42-32(38)22-20-24-12-11-13-25(21-23-33-39(4-2)29-17-8-10-19-31(29)43-33)34(24)35-36(40)26-14-5-6-15-27(26)37(35)41/h5-10,14-23H,3-4,11-13H2,1-2H3/b24-20+,25-21+,32-22-,33-23-. The Morgan fingerprint density at radius 2 is 1.05 bits per heavy atom. The number of hydrogen-bond donors (Lipinski definition) is 0. The first-order valence-corrected chi connectivity index (χ1v) is 16.6. The summed E-state index contributed by atoms with van der Waals surface area (Å²) in [7, 11) is 0. The number of allylic oxidation sites excluding steroid dienone is 8. The molecule has 2 heterocycles. The van der Waals surface area contributed by atoms with Crippen LogP contribution in [0, 0.1) is 0 Å². The number of benzene rings is 3. The zero-order valence-corrected chi connectivity index (χ0v) is 25.9. The molecule has 4 aliphatic rings. The first kappa shape index (κ1) is 27.8. The predicted molar refractivity (Wildman–Crippen MR) is 179 cm³/mol. The van der Waals surface area contributed by atoms with Crippen LogP contribution in [0.15, 0.2) is 139 Å². The minimum Gasteiger partial charge on any atom is -0.335 e. The van der Waals surface area contributed by atoms with Gasteiger partial charge in [-0.15, -0.1) is 0 Å². The SMILES string of the molecule is CCN1/C(=C/C=C2\CCC/C(=C\C=C3/Sc4ccccc4N3CC)C2=C2C(=O)c3ccccc3C2=O)Sc2ccccc21. The first-order chi connectivity index (χ1) is 21.1. The zero-order chi connectivity index (χ0) is 29.5. The third-order valence-corrected chi connectivity index (χ3v) is 10.7. The summed E-state index contributed by atoms with van der Waals surface area (Å²) < 4.78 is 0. The van der Waals surface area contributed by atoms with E-state index in [1.165, 1.54) is 21.2 Å². The third-order valence-electron chi connectivity index (χ3n) is 8.41. The van der Waals surface area contributed by atoms with E-state index >= 15 is 0 Å². The largest absolute Gasteiger partial charge is 0.335 e. The van der Waals surface area contributed by atoms with E-state index in [0.717, 1.165) is 59.1 Å². The molecule has 1 fully saturated rings. The average Bonchev–Trinajstić information content (AvgIpc) is 3.67. The molecule has 43 heavy (non-hydrogen) atoms. The van der Waals surface area contributed by atoms with E-state index in [1.807, 2.05) is 12.1 Å². The van der Waals surface area contributed by atoms with Gasteiger partial charge in [-0.25, -0.2) is 0 Å². The minimum absolute atomic E-state index is 0.162. The maximum absolute atomic E-state index is 13.8. The number of fused-ring (bicyclic) bond motifs is 3. The average molecular weight is 601 g/mol. The summed E-state index contributed by atoms with van der Waals surface area (Å²) in [6, 6.07) is 24.2. The molecule has 0 atom stereocenters. The van der Waals surface area contributed by atoms with Crippen LogP contribution in [-0.4, -0.2) is 24.7 Å².